The highest BCUT2D eigenvalue weighted by Gasteiger charge is 2.27. The third-order valence-electron chi connectivity index (χ3n) is 5.83. The summed E-state index contributed by atoms with van der Waals surface area (Å²) in [7, 11) is 4.06. The summed E-state index contributed by atoms with van der Waals surface area (Å²) in [5, 5.41) is 14.5. The van der Waals surface area contributed by atoms with E-state index in [-0.39, 0.29) is 11.5 Å². The molecule has 0 amide bonds. The van der Waals surface area contributed by atoms with Gasteiger partial charge in [-0.25, -0.2) is 14.8 Å². The molecule has 0 spiro atoms. The fraction of sp³-hybridized carbons (Fsp3) is 0.320. The van der Waals surface area contributed by atoms with Crippen LogP contribution in [0.15, 0.2) is 43.2 Å². The van der Waals surface area contributed by atoms with E-state index in [0.717, 1.165) is 41.7 Å². The molecular formula is C25H27ClN4O3. The number of hydrogen-bond acceptors (Lipinski definition) is 6. The van der Waals surface area contributed by atoms with E-state index in [0.29, 0.717) is 35.0 Å². The van der Waals surface area contributed by atoms with Crippen LogP contribution in [0.1, 0.15) is 35.6 Å². The zero-order valence-corrected chi connectivity index (χ0v) is 19.5. The van der Waals surface area contributed by atoms with Crippen molar-refractivity contribution >= 4 is 39.7 Å². The molecule has 2 heterocycles. The summed E-state index contributed by atoms with van der Waals surface area (Å²) in [6.07, 6.45) is 3.38. The molecule has 0 radical (unpaired) electrons. The Morgan fingerprint density at radius 1 is 1.27 bits per heavy atom. The molecule has 0 saturated heterocycles. The maximum Gasteiger partial charge on any atom is 0.335 e. The van der Waals surface area contributed by atoms with Crippen LogP contribution in [0.2, 0.25) is 5.02 Å². The number of aliphatic carboxylic acids is 1. The first-order valence-corrected chi connectivity index (χ1v) is 11.2. The number of ether oxygens (including phenoxy) is 1. The number of aromatic nitrogens is 2. The average molecular weight is 467 g/mol. The third kappa shape index (κ3) is 4.94. The number of carbonyl (C=O) groups is 1. The molecule has 0 saturated carbocycles. The molecule has 1 atom stereocenters. The predicted molar refractivity (Wildman–Crippen MR) is 131 cm³/mol. The van der Waals surface area contributed by atoms with Gasteiger partial charge >= 0.3 is 5.97 Å². The van der Waals surface area contributed by atoms with Gasteiger partial charge in [0.2, 0.25) is 0 Å². The number of carboxylic acid groups (broad SMARTS) is 1. The normalized spacial score (nSPS) is 14.8. The molecule has 1 aliphatic heterocycles. The van der Waals surface area contributed by atoms with Crippen LogP contribution in [0.25, 0.3) is 16.5 Å². The summed E-state index contributed by atoms with van der Waals surface area (Å²) >= 11 is 6.14. The van der Waals surface area contributed by atoms with Gasteiger partial charge in [0.05, 0.1) is 23.4 Å². The Morgan fingerprint density at radius 2 is 2.09 bits per heavy atom. The van der Waals surface area contributed by atoms with Crippen LogP contribution in [-0.4, -0.2) is 59.7 Å². The van der Waals surface area contributed by atoms with E-state index in [1.54, 1.807) is 12.1 Å². The number of unbranched alkanes of at least 4 members (excludes halogenated alkanes) is 1. The SMILES string of the molecule is C=C(C(=O)O)c1cc2c(C3CNc4cc(Cl)ccc43)ncnc2cc1OCCCCN(C)C. The lowest BCUT2D eigenvalue weighted by atomic mass is 9.93. The van der Waals surface area contributed by atoms with Gasteiger partial charge in [-0.05, 0) is 57.2 Å². The zero-order chi connectivity index (χ0) is 23.5. The second-order valence-corrected chi connectivity index (χ2v) is 8.87. The van der Waals surface area contributed by atoms with E-state index in [1.165, 1.54) is 6.33 Å². The standard InChI is InChI=1S/C25H27ClN4O3/c1-15(25(31)32)18-11-19-22(12-23(18)33-9-5-4-8-30(2)3)28-14-29-24(19)20-13-27-21-10-16(26)6-7-17(20)21/h6-7,10-12,14,20,27H,1,4-5,8-9,13H2,2-3H3,(H,31,32). The highest BCUT2D eigenvalue weighted by molar-refractivity contribution is 6.30. The quantitative estimate of drug-likeness (QED) is 0.350. The lowest BCUT2D eigenvalue weighted by molar-refractivity contribution is -0.130. The molecule has 0 bridgehead atoms. The van der Waals surface area contributed by atoms with Crippen LogP contribution >= 0.6 is 11.6 Å². The van der Waals surface area contributed by atoms with Gasteiger partial charge in [-0.1, -0.05) is 24.2 Å². The Balaban J connectivity index is 1.71. The van der Waals surface area contributed by atoms with Gasteiger partial charge in [0.15, 0.2) is 0 Å². The van der Waals surface area contributed by atoms with Crippen molar-refractivity contribution in [1.29, 1.82) is 0 Å². The monoisotopic (exact) mass is 466 g/mol. The van der Waals surface area contributed by atoms with Crippen LogP contribution in [-0.2, 0) is 4.79 Å². The minimum Gasteiger partial charge on any atom is -0.493 e. The van der Waals surface area contributed by atoms with Crippen molar-refractivity contribution in [3.8, 4) is 5.75 Å². The minimum atomic E-state index is -1.09. The van der Waals surface area contributed by atoms with E-state index in [2.05, 4.69) is 26.8 Å². The Morgan fingerprint density at radius 3 is 2.85 bits per heavy atom. The van der Waals surface area contributed by atoms with Crippen molar-refractivity contribution in [2.75, 3.05) is 39.1 Å². The number of fused-ring (bicyclic) bond motifs is 2. The topological polar surface area (TPSA) is 87.6 Å². The lowest BCUT2D eigenvalue weighted by Gasteiger charge is -2.17. The zero-order valence-electron chi connectivity index (χ0n) is 18.8. The highest BCUT2D eigenvalue weighted by atomic mass is 35.5. The lowest BCUT2D eigenvalue weighted by Crippen LogP contribution is -2.14. The maximum atomic E-state index is 11.8. The molecule has 0 aliphatic carbocycles. The van der Waals surface area contributed by atoms with Crippen molar-refractivity contribution in [1.82, 2.24) is 14.9 Å². The Kier molecular flexibility index (Phi) is 6.81. The second-order valence-electron chi connectivity index (χ2n) is 8.43. The molecule has 7 nitrogen and oxygen atoms in total. The van der Waals surface area contributed by atoms with E-state index in [9.17, 15) is 9.90 Å². The van der Waals surface area contributed by atoms with Crippen molar-refractivity contribution in [2.24, 2.45) is 0 Å². The molecule has 1 aliphatic rings. The summed E-state index contributed by atoms with van der Waals surface area (Å²) < 4.78 is 6.00. The van der Waals surface area contributed by atoms with Crippen molar-refractivity contribution < 1.29 is 14.6 Å². The van der Waals surface area contributed by atoms with Crippen LogP contribution in [0.5, 0.6) is 5.75 Å². The first-order valence-electron chi connectivity index (χ1n) is 10.9. The fourth-order valence-corrected chi connectivity index (χ4v) is 4.29. The summed E-state index contributed by atoms with van der Waals surface area (Å²) in [5.74, 6) is -0.625. The summed E-state index contributed by atoms with van der Waals surface area (Å²) in [4.78, 5) is 22.9. The van der Waals surface area contributed by atoms with Gasteiger partial charge in [-0.15, -0.1) is 0 Å². The minimum absolute atomic E-state index is 0.00786. The number of anilines is 1. The van der Waals surface area contributed by atoms with Gasteiger partial charge in [0, 0.05) is 40.2 Å². The van der Waals surface area contributed by atoms with E-state index >= 15 is 0 Å². The fourth-order valence-electron chi connectivity index (χ4n) is 4.12. The Hall–Kier alpha value is -3.16. The van der Waals surface area contributed by atoms with Gasteiger partial charge in [-0.2, -0.15) is 0 Å². The first kappa shape index (κ1) is 23.0. The summed E-state index contributed by atoms with van der Waals surface area (Å²) in [5.41, 5.74) is 4.03. The number of hydrogen-bond donors (Lipinski definition) is 2. The molecule has 33 heavy (non-hydrogen) atoms. The van der Waals surface area contributed by atoms with E-state index in [4.69, 9.17) is 16.3 Å². The Bertz CT molecular complexity index is 1210. The molecule has 172 valence electrons. The van der Waals surface area contributed by atoms with Crippen molar-refractivity contribution in [3.63, 3.8) is 0 Å². The van der Waals surface area contributed by atoms with E-state index in [1.807, 2.05) is 32.3 Å². The van der Waals surface area contributed by atoms with Crippen LogP contribution in [0, 0.1) is 0 Å². The Labute approximate surface area is 198 Å². The van der Waals surface area contributed by atoms with E-state index < -0.39 is 5.97 Å². The predicted octanol–water partition coefficient (Wildman–Crippen LogP) is 4.66. The molecular weight excluding hydrogens is 440 g/mol. The van der Waals surface area contributed by atoms with Gasteiger partial charge in [-0.3, -0.25) is 0 Å². The third-order valence-corrected chi connectivity index (χ3v) is 6.06. The van der Waals surface area contributed by atoms with Gasteiger partial charge in [0.1, 0.15) is 12.1 Å². The molecule has 8 heteroatoms. The maximum absolute atomic E-state index is 11.8. The van der Waals surface area contributed by atoms with Crippen LogP contribution in [0.4, 0.5) is 5.69 Å². The second kappa shape index (κ2) is 9.77. The van der Waals surface area contributed by atoms with Crippen molar-refractivity contribution in [3.05, 3.63) is 65.1 Å². The number of carboxylic acids is 1. The largest absolute Gasteiger partial charge is 0.493 e. The van der Waals surface area contributed by atoms with Crippen LogP contribution < -0.4 is 10.1 Å². The van der Waals surface area contributed by atoms with Crippen molar-refractivity contribution in [2.45, 2.75) is 18.8 Å². The molecule has 2 N–H and O–H groups in total. The van der Waals surface area contributed by atoms with Gasteiger partial charge in [0.25, 0.3) is 0 Å². The number of rotatable bonds is 9. The smallest absolute Gasteiger partial charge is 0.335 e. The number of halogens is 1. The number of nitrogens with one attached hydrogen (secondary N) is 1. The number of benzene rings is 2. The molecule has 2 aromatic carbocycles. The molecule has 0 fully saturated rings. The summed E-state index contributed by atoms with van der Waals surface area (Å²) in [6, 6.07) is 9.35. The number of nitrogens with zero attached hydrogens (tertiary/aromatic N) is 3. The molecule has 1 unspecified atom stereocenters. The summed E-state index contributed by atoms with van der Waals surface area (Å²) in [6.45, 7) is 5.90. The van der Waals surface area contributed by atoms with Gasteiger partial charge < -0.3 is 20.1 Å². The highest BCUT2D eigenvalue weighted by Crippen LogP contribution is 2.40. The molecule has 1 aromatic heterocycles. The molecule has 4 rings (SSSR count). The average Bonchev–Trinajstić information content (AvgIpc) is 3.19. The molecule has 3 aromatic rings. The van der Waals surface area contributed by atoms with Crippen LogP contribution in [0.3, 0.4) is 0 Å². The first-order chi connectivity index (χ1) is 15.8.